The molecule has 0 unspecified atom stereocenters. The minimum absolute atomic E-state index is 0.0560. The van der Waals surface area contributed by atoms with Crippen LogP contribution in [0.2, 0.25) is 0 Å². The quantitative estimate of drug-likeness (QED) is 0.793. The fraction of sp³-hybridized carbons (Fsp3) is 0.444. The summed E-state index contributed by atoms with van der Waals surface area (Å²) in [5.74, 6) is 2.71. The van der Waals surface area contributed by atoms with Crippen LogP contribution in [0.25, 0.3) is 0 Å². The Morgan fingerprint density at radius 3 is 2.27 bits per heavy atom. The summed E-state index contributed by atoms with van der Waals surface area (Å²) in [6.07, 6.45) is 8.85. The van der Waals surface area contributed by atoms with Crippen LogP contribution in [0.3, 0.4) is 0 Å². The van der Waals surface area contributed by atoms with Crippen molar-refractivity contribution in [2.75, 3.05) is 5.32 Å². The number of terminal acetylenes is 1. The Morgan fingerprint density at radius 1 is 1.23 bits per heavy atom. The SMILES string of the molecule is C#CC(CC)(CC)NC(=O)c1ccc(NC(=O)C2CC2)cc1. The Labute approximate surface area is 131 Å². The minimum Gasteiger partial charge on any atom is -0.336 e. The number of hydrogen-bond acceptors (Lipinski definition) is 2. The van der Waals surface area contributed by atoms with Crippen LogP contribution in [-0.2, 0) is 4.79 Å². The zero-order valence-electron chi connectivity index (χ0n) is 13.1. The van der Waals surface area contributed by atoms with Crippen molar-refractivity contribution in [1.82, 2.24) is 5.32 Å². The van der Waals surface area contributed by atoms with Crippen LogP contribution >= 0.6 is 0 Å². The lowest BCUT2D eigenvalue weighted by Gasteiger charge is -2.27. The van der Waals surface area contributed by atoms with Gasteiger partial charge in [0.15, 0.2) is 0 Å². The first kappa shape index (κ1) is 16.1. The van der Waals surface area contributed by atoms with E-state index in [1.165, 1.54) is 0 Å². The number of benzene rings is 1. The maximum absolute atomic E-state index is 12.3. The van der Waals surface area contributed by atoms with Gasteiger partial charge >= 0.3 is 0 Å². The highest BCUT2D eigenvalue weighted by Gasteiger charge is 2.29. The zero-order valence-corrected chi connectivity index (χ0v) is 13.1. The summed E-state index contributed by atoms with van der Waals surface area (Å²) in [5.41, 5.74) is 0.643. The molecule has 1 aromatic rings. The third-order valence-electron chi connectivity index (χ3n) is 4.20. The summed E-state index contributed by atoms with van der Waals surface area (Å²) in [6.45, 7) is 3.92. The van der Waals surface area contributed by atoms with E-state index in [9.17, 15) is 9.59 Å². The molecule has 0 bridgehead atoms. The van der Waals surface area contributed by atoms with E-state index in [4.69, 9.17) is 6.42 Å². The first-order valence-corrected chi connectivity index (χ1v) is 7.74. The summed E-state index contributed by atoms with van der Waals surface area (Å²) in [6, 6.07) is 6.88. The monoisotopic (exact) mass is 298 g/mol. The van der Waals surface area contributed by atoms with Gasteiger partial charge in [-0.05, 0) is 49.9 Å². The molecule has 4 nitrogen and oxygen atoms in total. The normalized spacial score (nSPS) is 14.0. The standard InChI is InChI=1S/C18H22N2O2/c1-4-18(5-2,6-3)20-17(22)14-9-11-15(12-10-14)19-16(21)13-7-8-13/h1,9-13H,5-8H2,2-3H3,(H,19,21)(H,20,22). The molecule has 22 heavy (non-hydrogen) atoms. The van der Waals surface area contributed by atoms with Gasteiger partial charge in [0.25, 0.3) is 5.91 Å². The van der Waals surface area contributed by atoms with Crippen LogP contribution in [-0.4, -0.2) is 17.4 Å². The van der Waals surface area contributed by atoms with Gasteiger partial charge in [-0.3, -0.25) is 9.59 Å². The van der Waals surface area contributed by atoms with Gasteiger partial charge in [0.1, 0.15) is 5.54 Å². The fourth-order valence-electron chi connectivity index (χ4n) is 2.25. The van der Waals surface area contributed by atoms with E-state index in [-0.39, 0.29) is 17.7 Å². The van der Waals surface area contributed by atoms with Gasteiger partial charge in [0.05, 0.1) is 0 Å². The average molecular weight is 298 g/mol. The van der Waals surface area contributed by atoms with Crippen LogP contribution in [0.1, 0.15) is 49.9 Å². The number of hydrogen-bond donors (Lipinski definition) is 2. The van der Waals surface area contributed by atoms with Gasteiger partial charge < -0.3 is 10.6 Å². The predicted molar refractivity (Wildman–Crippen MR) is 87.4 cm³/mol. The van der Waals surface area contributed by atoms with Crippen LogP contribution in [0.4, 0.5) is 5.69 Å². The molecule has 1 aromatic carbocycles. The number of nitrogens with one attached hydrogen (secondary N) is 2. The van der Waals surface area contributed by atoms with Gasteiger partial charge in [-0.15, -0.1) is 6.42 Å². The van der Waals surface area contributed by atoms with Crippen LogP contribution in [0.5, 0.6) is 0 Å². The van der Waals surface area contributed by atoms with E-state index < -0.39 is 5.54 Å². The molecule has 0 heterocycles. The second-order valence-electron chi connectivity index (χ2n) is 5.73. The highest BCUT2D eigenvalue weighted by molar-refractivity contribution is 5.97. The maximum atomic E-state index is 12.3. The van der Waals surface area contributed by atoms with E-state index in [2.05, 4.69) is 16.6 Å². The number of anilines is 1. The number of carbonyl (C=O) groups is 2. The third-order valence-corrected chi connectivity index (χ3v) is 4.20. The van der Waals surface area contributed by atoms with Gasteiger partial charge in [-0.1, -0.05) is 19.8 Å². The molecular weight excluding hydrogens is 276 g/mol. The minimum atomic E-state index is -0.601. The largest absolute Gasteiger partial charge is 0.336 e. The van der Waals surface area contributed by atoms with Crippen LogP contribution < -0.4 is 10.6 Å². The van der Waals surface area contributed by atoms with Gasteiger partial charge in [-0.25, -0.2) is 0 Å². The third kappa shape index (κ3) is 3.67. The van der Waals surface area contributed by atoms with E-state index in [1.54, 1.807) is 24.3 Å². The van der Waals surface area contributed by atoms with Crippen molar-refractivity contribution in [3.8, 4) is 12.3 Å². The molecule has 0 aromatic heterocycles. The summed E-state index contributed by atoms with van der Waals surface area (Å²) in [5, 5.41) is 5.77. The molecule has 0 aliphatic heterocycles. The Kier molecular flexibility index (Phi) is 4.87. The number of carbonyl (C=O) groups excluding carboxylic acids is 2. The summed E-state index contributed by atoms with van der Waals surface area (Å²) in [4.78, 5) is 24.0. The van der Waals surface area contributed by atoms with E-state index >= 15 is 0 Å². The van der Waals surface area contributed by atoms with Crippen molar-refractivity contribution in [3.63, 3.8) is 0 Å². The molecule has 0 atom stereocenters. The molecule has 0 spiro atoms. The smallest absolute Gasteiger partial charge is 0.252 e. The molecule has 0 radical (unpaired) electrons. The Bertz CT molecular complexity index is 591. The molecule has 1 saturated carbocycles. The second-order valence-corrected chi connectivity index (χ2v) is 5.73. The molecule has 1 aliphatic carbocycles. The summed E-state index contributed by atoms with van der Waals surface area (Å²) >= 11 is 0. The number of amides is 2. The van der Waals surface area contributed by atoms with Gasteiger partial charge in [0, 0.05) is 17.2 Å². The lowest BCUT2D eigenvalue weighted by Crippen LogP contribution is -2.46. The molecule has 1 fully saturated rings. The predicted octanol–water partition coefficient (Wildman–Crippen LogP) is 2.96. The number of rotatable bonds is 6. The lowest BCUT2D eigenvalue weighted by molar-refractivity contribution is -0.117. The molecule has 2 N–H and O–H groups in total. The van der Waals surface area contributed by atoms with Crippen molar-refractivity contribution in [3.05, 3.63) is 29.8 Å². The molecule has 2 rings (SSSR count). The molecule has 0 saturated heterocycles. The Balaban J connectivity index is 2.01. The molecule has 2 amide bonds. The molecular formula is C18H22N2O2. The molecule has 1 aliphatic rings. The van der Waals surface area contributed by atoms with Crippen molar-refractivity contribution < 1.29 is 9.59 Å². The van der Waals surface area contributed by atoms with Gasteiger partial charge in [-0.2, -0.15) is 0 Å². The average Bonchev–Trinajstić information content (AvgIpc) is 3.38. The summed E-state index contributed by atoms with van der Waals surface area (Å²) < 4.78 is 0. The van der Waals surface area contributed by atoms with Crippen molar-refractivity contribution in [1.29, 1.82) is 0 Å². The summed E-state index contributed by atoms with van der Waals surface area (Å²) in [7, 11) is 0. The Hall–Kier alpha value is -2.28. The zero-order chi connectivity index (χ0) is 16.2. The van der Waals surface area contributed by atoms with Crippen molar-refractivity contribution in [2.45, 2.75) is 45.1 Å². The molecule has 4 heteroatoms. The van der Waals surface area contributed by atoms with E-state index in [0.717, 1.165) is 12.8 Å². The van der Waals surface area contributed by atoms with E-state index in [0.29, 0.717) is 24.1 Å². The first-order chi connectivity index (χ1) is 10.5. The highest BCUT2D eigenvalue weighted by Crippen LogP contribution is 2.30. The topological polar surface area (TPSA) is 58.2 Å². The highest BCUT2D eigenvalue weighted by atomic mass is 16.2. The first-order valence-electron chi connectivity index (χ1n) is 7.74. The van der Waals surface area contributed by atoms with Crippen LogP contribution in [0.15, 0.2) is 24.3 Å². The second kappa shape index (κ2) is 6.65. The maximum Gasteiger partial charge on any atom is 0.252 e. The fourth-order valence-corrected chi connectivity index (χ4v) is 2.25. The van der Waals surface area contributed by atoms with Crippen molar-refractivity contribution >= 4 is 17.5 Å². The van der Waals surface area contributed by atoms with E-state index in [1.807, 2.05) is 13.8 Å². The Morgan fingerprint density at radius 2 is 1.82 bits per heavy atom. The van der Waals surface area contributed by atoms with Gasteiger partial charge in [0.2, 0.25) is 5.91 Å². The van der Waals surface area contributed by atoms with Crippen LogP contribution in [0, 0.1) is 18.3 Å². The molecule has 116 valence electrons. The lowest BCUT2D eigenvalue weighted by atomic mass is 9.93. The van der Waals surface area contributed by atoms with Crippen molar-refractivity contribution in [2.24, 2.45) is 5.92 Å².